The normalized spacial score (nSPS) is 15.1. The van der Waals surface area contributed by atoms with E-state index in [1.165, 1.54) is 5.69 Å². The first-order valence-electron chi connectivity index (χ1n) is 6.89. The summed E-state index contributed by atoms with van der Waals surface area (Å²) < 4.78 is 5.28. The van der Waals surface area contributed by atoms with Crippen molar-refractivity contribution >= 4 is 23.1 Å². The van der Waals surface area contributed by atoms with Crippen molar-refractivity contribution in [3.8, 4) is 5.75 Å². The molecule has 1 saturated heterocycles. The van der Waals surface area contributed by atoms with Crippen LogP contribution in [0.15, 0.2) is 36.5 Å². The second kappa shape index (κ2) is 6.18. The van der Waals surface area contributed by atoms with Gasteiger partial charge in [-0.15, -0.1) is 0 Å². The van der Waals surface area contributed by atoms with Gasteiger partial charge in [0, 0.05) is 44.1 Å². The molecule has 6 heteroatoms. The largest absolute Gasteiger partial charge is 0.497 e. The average molecular weight is 305 g/mol. The number of benzene rings is 1. The Morgan fingerprint density at radius 2 is 1.86 bits per heavy atom. The number of halogens is 1. The fraction of sp³-hybridized carbons (Fsp3) is 0.333. The van der Waals surface area contributed by atoms with Gasteiger partial charge < -0.3 is 14.5 Å². The summed E-state index contributed by atoms with van der Waals surface area (Å²) in [7, 11) is 1.69. The lowest BCUT2D eigenvalue weighted by Gasteiger charge is -2.36. The summed E-state index contributed by atoms with van der Waals surface area (Å²) in [5.41, 5.74) is 1.19. The highest BCUT2D eigenvalue weighted by Crippen LogP contribution is 2.23. The Balaban J connectivity index is 1.67. The van der Waals surface area contributed by atoms with Crippen LogP contribution >= 0.6 is 11.6 Å². The van der Waals surface area contributed by atoms with Crippen LogP contribution in [0.25, 0.3) is 0 Å². The van der Waals surface area contributed by atoms with Crippen molar-refractivity contribution in [3.05, 3.63) is 41.8 Å². The highest BCUT2D eigenvalue weighted by Gasteiger charge is 2.18. The Morgan fingerprint density at radius 3 is 2.57 bits per heavy atom. The minimum Gasteiger partial charge on any atom is -0.497 e. The third-order valence-corrected chi connectivity index (χ3v) is 3.82. The maximum atomic E-state index is 5.85. The number of piperazine rings is 1. The van der Waals surface area contributed by atoms with Gasteiger partial charge >= 0.3 is 0 Å². The summed E-state index contributed by atoms with van der Waals surface area (Å²) in [6.45, 7) is 3.69. The number of anilines is 2. The van der Waals surface area contributed by atoms with E-state index in [1.807, 2.05) is 18.2 Å². The van der Waals surface area contributed by atoms with Crippen LogP contribution in [0.1, 0.15) is 0 Å². The van der Waals surface area contributed by atoms with Crippen molar-refractivity contribution in [1.82, 2.24) is 9.97 Å². The lowest BCUT2D eigenvalue weighted by molar-refractivity contribution is 0.414. The van der Waals surface area contributed by atoms with Crippen LogP contribution in [-0.2, 0) is 0 Å². The number of rotatable bonds is 3. The molecule has 1 aliphatic rings. The molecule has 0 unspecified atom stereocenters. The predicted molar refractivity (Wildman–Crippen MR) is 84.5 cm³/mol. The Hall–Kier alpha value is -2.01. The molecular formula is C15H17ClN4O. The van der Waals surface area contributed by atoms with E-state index in [2.05, 4.69) is 31.9 Å². The Morgan fingerprint density at radius 1 is 1.10 bits per heavy atom. The predicted octanol–water partition coefficient (Wildman–Crippen LogP) is 2.47. The Kier molecular flexibility index (Phi) is 4.10. The highest BCUT2D eigenvalue weighted by atomic mass is 35.5. The summed E-state index contributed by atoms with van der Waals surface area (Å²) in [5, 5.41) is 0.294. The van der Waals surface area contributed by atoms with E-state index in [0.717, 1.165) is 37.7 Å². The average Bonchev–Trinajstić information content (AvgIpc) is 2.55. The topological polar surface area (TPSA) is 41.5 Å². The number of aromatic nitrogens is 2. The van der Waals surface area contributed by atoms with Crippen molar-refractivity contribution in [1.29, 1.82) is 0 Å². The van der Waals surface area contributed by atoms with E-state index in [1.54, 1.807) is 13.3 Å². The van der Waals surface area contributed by atoms with Crippen LogP contribution in [0.5, 0.6) is 5.75 Å². The molecule has 0 radical (unpaired) electrons. The fourth-order valence-corrected chi connectivity index (χ4v) is 2.65. The van der Waals surface area contributed by atoms with Gasteiger partial charge in [-0.1, -0.05) is 6.07 Å². The lowest BCUT2D eigenvalue weighted by atomic mass is 10.2. The number of hydrogen-bond acceptors (Lipinski definition) is 5. The molecule has 2 aromatic rings. The molecule has 21 heavy (non-hydrogen) atoms. The van der Waals surface area contributed by atoms with Crippen molar-refractivity contribution < 1.29 is 4.74 Å². The molecule has 2 heterocycles. The fourth-order valence-electron chi connectivity index (χ4n) is 2.50. The molecule has 1 aromatic heterocycles. The zero-order valence-corrected chi connectivity index (χ0v) is 12.6. The third-order valence-electron chi connectivity index (χ3n) is 3.63. The van der Waals surface area contributed by atoms with E-state index in [-0.39, 0.29) is 0 Å². The Labute approximate surface area is 129 Å². The zero-order valence-electron chi connectivity index (χ0n) is 11.9. The number of nitrogens with zero attached hydrogens (tertiary/aromatic N) is 4. The smallest absolute Gasteiger partial charge is 0.224 e. The van der Waals surface area contributed by atoms with Gasteiger partial charge in [-0.2, -0.15) is 0 Å². The minimum atomic E-state index is 0.294. The molecular weight excluding hydrogens is 288 g/mol. The van der Waals surface area contributed by atoms with Crippen molar-refractivity contribution in [2.45, 2.75) is 0 Å². The van der Waals surface area contributed by atoms with Gasteiger partial charge in [0.05, 0.1) is 7.11 Å². The number of hydrogen-bond donors (Lipinski definition) is 0. The lowest BCUT2D eigenvalue weighted by Crippen LogP contribution is -2.46. The summed E-state index contributed by atoms with van der Waals surface area (Å²) in [4.78, 5) is 12.8. The van der Waals surface area contributed by atoms with Crippen LogP contribution in [0.2, 0.25) is 5.28 Å². The second-order valence-electron chi connectivity index (χ2n) is 4.86. The summed E-state index contributed by atoms with van der Waals surface area (Å²) in [6.07, 6.45) is 1.69. The molecule has 110 valence electrons. The molecule has 0 bridgehead atoms. The molecule has 1 aliphatic heterocycles. The quantitative estimate of drug-likeness (QED) is 0.815. The first-order valence-corrected chi connectivity index (χ1v) is 7.26. The van der Waals surface area contributed by atoms with Gasteiger partial charge in [0.1, 0.15) is 11.6 Å². The van der Waals surface area contributed by atoms with Crippen molar-refractivity contribution in [2.24, 2.45) is 0 Å². The van der Waals surface area contributed by atoms with Crippen LogP contribution in [-0.4, -0.2) is 43.3 Å². The zero-order chi connectivity index (χ0) is 14.7. The molecule has 0 atom stereocenters. The monoisotopic (exact) mass is 304 g/mol. The first kappa shape index (κ1) is 13.9. The molecule has 0 amide bonds. The molecule has 1 fully saturated rings. The molecule has 3 rings (SSSR count). The standard InChI is InChI=1S/C15H17ClN4O/c1-21-13-4-2-3-12(11-13)19-7-9-20(10-8-19)14-5-6-17-15(16)18-14/h2-6,11H,7-10H2,1H3. The molecule has 0 aliphatic carbocycles. The van der Waals surface area contributed by atoms with Gasteiger partial charge in [-0.25, -0.2) is 9.97 Å². The van der Waals surface area contributed by atoms with E-state index in [4.69, 9.17) is 16.3 Å². The van der Waals surface area contributed by atoms with E-state index in [0.29, 0.717) is 5.28 Å². The van der Waals surface area contributed by atoms with Gasteiger partial charge in [0.25, 0.3) is 0 Å². The first-order chi connectivity index (χ1) is 10.3. The van der Waals surface area contributed by atoms with Gasteiger partial charge in [0.2, 0.25) is 5.28 Å². The molecule has 0 N–H and O–H groups in total. The molecule has 1 aromatic carbocycles. The third kappa shape index (κ3) is 3.19. The highest BCUT2D eigenvalue weighted by molar-refractivity contribution is 6.28. The molecule has 0 spiro atoms. The van der Waals surface area contributed by atoms with Crippen LogP contribution in [0, 0.1) is 0 Å². The SMILES string of the molecule is COc1cccc(N2CCN(c3ccnc(Cl)n3)CC2)c1. The van der Waals surface area contributed by atoms with Crippen LogP contribution in [0.3, 0.4) is 0 Å². The maximum absolute atomic E-state index is 5.85. The molecule has 0 saturated carbocycles. The van der Waals surface area contributed by atoms with Gasteiger partial charge in [-0.3, -0.25) is 0 Å². The van der Waals surface area contributed by atoms with E-state index >= 15 is 0 Å². The van der Waals surface area contributed by atoms with Gasteiger partial charge in [0.15, 0.2) is 0 Å². The van der Waals surface area contributed by atoms with Crippen molar-refractivity contribution in [2.75, 3.05) is 43.1 Å². The summed E-state index contributed by atoms with van der Waals surface area (Å²) >= 11 is 5.85. The van der Waals surface area contributed by atoms with Gasteiger partial charge in [-0.05, 0) is 29.8 Å². The maximum Gasteiger partial charge on any atom is 0.224 e. The van der Waals surface area contributed by atoms with E-state index in [9.17, 15) is 0 Å². The van der Waals surface area contributed by atoms with Crippen LogP contribution in [0.4, 0.5) is 11.5 Å². The number of methoxy groups -OCH3 is 1. The summed E-state index contributed by atoms with van der Waals surface area (Å²) in [6, 6.07) is 10.1. The Bertz CT molecular complexity index is 614. The summed E-state index contributed by atoms with van der Waals surface area (Å²) in [5.74, 6) is 1.78. The second-order valence-corrected chi connectivity index (χ2v) is 5.20. The number of ether oxygens (including phenoxy) is 1. The van der Waals surface area contributed by atoms with Crippen molar-refractivity contribution in [3.63, 3.8) is 0 Å². The van der Waals surface area contributed by atoms with Crippen LogP contribution < -0.4 is 14.5 Å². The minimum absolute atomic E-state index is 0.294. The van der Waals surface area contributed by atoms with E-state index < -0.39 is 0 Å². The molecule has 5 nitrogen and oxygen atoms in total.